The third kappa shape index (κ3) is 5.95. The Morgan fingerprint density at radius 2 is 1.97 bits per heavy atom. The molecule has 0 spiro atoms. The number of halogens is 1. The molecule has 0 radical (unpaired) electrons. The number of hydrogen-bond donors (Lipinski definition) is 3. The van der Waals surface area contributed by atoms with E-state index in [2.05, 4.69) is 44.9 Å². The number of aliphatic imine (C=N–C) groups is 1. The quantitative estimate of drug-likeness (QED) is 0.248. The molecular weight excluding hydrogens is 491 g/mol. The Hall–Kier alpha value is -2.13. The third-order valence-corrected chi connectivity index (χ3v) is 4.91. The van der Waals surface area contributed by atoms with Gasteiger partial charge in [-0.25, -0.2) is 4.99 Å². The monoisotopic (exact) mass is 522 g/mol. The minimum atomic E-state index is -1.09. The number of fused-ring (bicyclic) bond motifs is 1. The van der Waals surface area contributed by atoms with Gasteiger partial charge < -0.3 is 20.2 Å². The lowest BCUT2D eigenvalue weighted by Crippen LogP contribution is -2.39. The van der Waals surface area contributed by atoms with Gasteiger partial charge in [0, 0.05) is 30.2 Å². The summed E-state index contributed by atoms with van der Waals surface area (Å²) in [5, 5.41) is 18.6. The molecule has 1 atom stereocenters. The topological polar surface area (TPSA) is 82.7 Å². The van der Waals surface area contributed by atoms with Crippen molar-refractivity contribution in [2.24, 2.45) is 4.99 Å². The highest BCUT2D eigenvalue weighted by Crippen LogP contribution is 2.27. The van der Waals surface area contributed by atoms with Gasteiger partial charge in [0.25, 0.3) is 0 Å². The second kappa shape index (κ2) is 10.8. The number of aryl methyl sites for hydroxylation is 2. The first-order valence-corrected chi connectivity index (χ1v) is 10.1. The van der Waals surface area contributed by atoms with Crippen LogP contribution in [0.25, 0.3) is 10.9 Å². The second-order valence-corrected chi connectivity index (χ2v) is 7.46. The molecule has 0 aliphatic rings. The van der Waals surface area contributed by atoms with Crippen molar-refractivity contribution in [1.82, 2.24) is 15.6 Å². The summed E-state index contributed by atoms with van der Waals surface area (Å²) in [5.74, 6) is 2.19. The molecule has 1 unspecified atom stereocenters. The first-order chi connectivity index (χ1) is 13.9. The summed E-state index contributed by atoms with van der Waals surface area (Å²) in [4.78, 5) is 9.10. The minimum Gasteiger partial charge on any atom is -0.466 e. The summed E-state index contributed by atoms with van der Waals surface area (Å²) >= 11 is 0. The number of nitrogens with zero attached hydrogens (tertiary/aromatic N) is 2. The summed E-state index contributed by atoms with van der Waals surface area (Å²) in [6.45, 7) is 9.22. The fourth-order valence-electron chi connectivity index (χ4n) is 3.51. The van der Waals surface area contributed by atoms with Crippen LogP contribution in [0.5, 0.6) is 0 Å². The van der Waals surface area contributed by atoms with E-state index in [1.807, 2.05) is 39.1 Å². The number of pyridine rings is 1. The summed E-state index contributed by atoms with van der Waals surface area (Å²) in [7, 11) is 0. The molecule has 2 aromatic heterocycles. The number of aliphatic hydroxyl groups is 1. The van der Waals surface area contributed by atoms with E-state index in [-0.39, 0.29) is 30.5 Å². The first-order valence-electron chi connectivity index (χ1n) is 10.1. The summed E-state index contributed by atoms with van der Waals surface area (Å²) in [6.07, 6.45) is 2.65. The molecule has 0 aliphatic carbocycles. The Balaban J connectivity index is 0.00000320. The molecular formula is C23H31IN4O2. The smallest absolute Gasteiger partial charge is 0.191 e. The lowest BCUT2D eigenvalue weighted by Gasteiger charge is -2.21. The van der Waals surface area contributed by atoms with E-state index in [1.165, 1.54) is 5.56 Å². The van der Waals surface area contributed by atoms with E-state index in [1.54, 1.807) is 6.92 Å². The molecule has 162 valence electrons. The molecule has 1 aromatic carbocycles. The summed E-state index contributed by atoms with van der Waals surface area (Å²) in [6, 6.07) is 12.1. The molecule has 0 saturated heterocycles. The Labute approximate surface area is 195 Å². The molecule has 3 N–H and O–H groups in total. The average Bonchev–Trinajstić information content (AvgIpc) is 3.05. The molecule has 0 fully saturated rings. The van der Waals surface area contributed by atoms with Crippen molar-refractivity contribution in [1.29, 1.82) is 0 Å². The lowest BCUT2D eigenvalue weighted by molar-refractivity contribution is 0.0657. The van der Waals surface area contributed by atoms with Crippen molar-refractivity contribution < 1.29 is 9.52 Å². The largest absolute Gasteiger partial charge is 0.466 e. The number of para-hydroxylation sites is 1. The number of hydrogen-bond acceptors (Lipinski definition) is 4. The zero-order valence-corrected chi connectivity index (χ0v) is 20.4. The predicted octanol–water partition coefficient (Wildman–Crippen LogP) is 4.07. The first kappa shape index (κ1) is 24.1. The van der Waals surface area contributed by atoms with Gasteiger partial charge in [-0.15, -0.1) is 24.0 Å². The number of benzene rings is 1. The maximum Gasteiger partial charge on any atom is 0.191 e. The van der Waals surface area contributed by atoms with Gasteiger partial charge in [-0.05, 0) is 51.8 Å². The number of furan rings is 1. The molecule has 3 aromatic rings. The van der Waals surface area contributed by atoms with Crippen LogP contribution in [0.4, 0.5) is 0 Å². The van der Waals surface area contributed by atoms with Crippen LogP contribution in [-0.4, -0.2) is 35.7 Å². The van der Waals surface area contributed by atoms with Gasteiger partial charge in [0.05, 0.1) is 12.1 Å². The van der Waals surface area contributed by atoms with E-state index in [0.717, 1.165) is 41.0 Å². The number of aromatic nitrogens is 1. The average molecular weight is 522 g/mol. The summed E-state index contributed by atoms with van der Waals surface area (Å²) in [5.41, 5.74) is 1.91. The number of rotatable bonds is 7. The molecule has 0 amide bonds. The van der Waals surface area contributed by atoms with Gasteiger partial charge in [0.15, 0.2) is 5.96 Å². The molecule has 7 heteroatoms. The van der Waals surface area contributed by atoms with Crippen molar-refractivity contribution in [2.75, 3.05) is 19.6 Å². The van der Waals surface area contributed by atoms with E-state index < -0.39 is 5.60 Å². The van der Waals surface area contributed by atoms with Crippen LogP contribution in [0.2, 0.25) is 0 Å². The number of nitrogens with one attached hydrogen (secondary N) is 2. The highest BCUT2D eigenvalue weighted by Gasteiger charge is 2.27. The zero-order valence-electron chi connectivity index (χ0n) is 18.0. The van der Waals surface area contributed by atoms with Crippen LogP contribution in [-0.2, 0) is 12.0 Å². The maximum absolute atomic E-state index is 10.9. The van der Waals surface area contributed by atoms with E-state index >= 15 is 0 Å². The molecule has 0 aliphatic heterocycles. The highest BCUT2D eigenvalue weighted by molar-refractivity contribution is 14.0. The highest BCUT2D eigenvalue weighted by atomic mass is 127. The molecule has 3 rings (SSSR count). The number of guanidine groups is 1. The van der Waals surface area contributed by atoms with Crippen LogP contribution < -0.4 is 10.6 Å². The van der Waals surface area contributed by atoms with Crippen molar-refractivity contribution >= 4 is 40.8 Å². The van der Waals surface area contributed by atoms with E-state index in [9.17, 15) is 5.11 Å². The van der Waals surface area contributed by atoms with Gasteiger partial charge >= 0.3 is 0 Å². The Bertz CT molecular complexity index is 993. The van der Waals surface area contributed by atoms with Crippen LogP contribution in [0, 0.1) is 13.8 Å². The van der Waals surface area contributed by atoms with Crippen LogP contribution >= 0.6 is 24.0 Å². The van der Waals surface area contributed by atoms with Gasteiger partial charge in [-0.2, -0.15) is 0 Å². The minimum absolute atomic E-state index is 0. The van der Waals surface area contributed by atoms with Crippen molar-refractivity contribution in [3.63, 3.8) is 0 Å². The normalized spacial score (nSPS) is 13.6. The van der Waals surface area contributed by atoms with Crippen LogP contribution in [0.15, 0.2) is 52.0 Å². The van der Waals surface area contributed by atoms with Crippen LogP contribution in [0.1, 0.15) is 36.5 Å². The van der Waals surface area contributed by atoms with E-state index in [0.29, 0.717) is 12.5 Å². The van der Waals surface area contributed by atoms with Gasteiger partial charge in [-0.3, -0.25) is 4.98 Å². The van der Waals surface area contributed by atoms with Crippen molar-refractivity contribution in [3.8, 4) is 0 Å². The fraction of sp³-hybridized carbons (Fsp3) is 0.391. The molecule has 0 saturated carbocycles. The van der Waals surface area contributed by atoms with Gasteiger partial charge in [-0.1, -0.05) is 24.3 Å². The predicted molar refractivity (Wildman–Crippen MR) is 133 cm³/mol. The molecule has 2 heterocycles. The summed E-state index contributed by atoms with van der Waals surface area (Å²) < 4.78 is 5.56. The van der Waals surface area contributed by atoms with Crippen molar-refractivity contribution in [3.05, 3.63) is 65.2 Å². The van der Waals surface area contributed by atoms with Gasteiger partial charge in [0.1, 0.15) is 17.1 Å². The Morgan fingerprint density at radius 3 is 2.67 bits per heavy atom. The standard InChI is InChI=1S/C23H30N4O2.HI/c1-5-24-22(27-15-23(4,28)20-14-16(2)29-17(20)3)26-13-11-19-9-6-8-18-10-7-12-25-21(18)19;/h6-10,12,14,28H,5,11,13,15H2,1-4H3,(H2,24,26,27);1H. The molecule has 6 nitrogen and oxygen atoms in total. The lowest BCUT2D eigenvalue weighted by atomic mass is 9.96. The van der Waals surface area contributed by atoms with E-state index in [4.69, 9.17) is 4.42 Å². The maximum atomic E-state index is 10.9. The molecule has 30 heavy (non-hydrogen) atoms. The zero-order chi connectivity index (χ0) is 20.9. The van der Waals surface area contributed by atoms with Crippen LogP contribution in [0.3, 0.4) is 0 Å². The van der Waals surface area contributed by atoms with Gasteiger partial charge in [0.2, 0.25) is 0 Å². The fourth-order valence-corrected chi connectivity index (χ4v) is 3.51. The second-order valence-electron chi connectivity index (χ2n) is 7.46. The third-order valence-electron chi connectivity index (χ3n) is 4.91. The Morgan fingerprint density at radius 1 is 1.20 bits per heavy atom. The SMILES string of the molecule is CCNC(=NCC(C)(O)c1cc(C)oc1C)NCCc1cccc2cccnc12.I. The Kier molecular flexibility index (Phi) is 8.66. The molecule has 0 bridgehead atoms. The van der Waals surface area contributed by atoms with Crippen molar-refractivity contribution in [2.45, 2.75) is 39.7 Å².